The van der Waals surface area contributed by atoms with E-state index in [0.29, 0.717) is 0 Å². The summed E-state index contributed by atoms with van der Waals surface area (Å²) in [5.74, 6) is -0.931. The average molecular weight is 350 g/mol. The maximum absolute atomic E-state index is 11.5. The Morgan fingerprint density at radius 3 is 2.46 bits per heavy atom. The second-order valence-electron chi connectivity index (χ2n) is 4.85. The van der Waals surface area contributed by atoms with Gasteiger partial charge in [0.05, 0.1) is 5.56 Å². The van der Waals surface area contributed by atoms with Crippen molar-refractivity contribution < 1.29 is 31.8 Å². The zero-order chi connectivity index (χ0) is 17.5. The fourth-order valence-electron chi connectivity index (χ4n) is 2.20. The highest BCUT2D eigenvalue weighted by molar-refractivity contribution is 7.81. The summed E-state index contributed by atoms with van der Waals surface area (Å²) in [6.07, 6.45) is 0. The van der Waals surface area contributed by atoms with Crippen LogP contribution < -0.4 is 9.61 Å². The van der Waals surface area contributed by atoms with Gasteiger partial charge in [-0.05, 0) is 18.2 Å². The second kappa shape index (κ2) is 5.55. The number of fused-ring (bicyclic) bond motifs is 1. The number of phenols is 1. The number of rotatable bonds is 3. The van der Waals surface area contributed by atoms with Crippen molar-refractivity contribution in [3.8, 4) is 39.9 Å². The van der Waals surface area contributed by atoms with E-state index in [2.05, 4.69) is 4.18 Å². The molecule has 2 aliphatic rings. The van der Waals surface area contributed by atoms with Gasteiger partial charge in [-0.15, -0.1) is 0 Å². The third-order valence-corrected chi connectivity index (χ3v) is 3.52. The van der Waals surface area contributed by atoms with E-state index in [1.807, 2.05) is 0 Å². The molecule has 3 rings (SSSR count). The molecule has 1 aromatic carbocycles. The van der Waals surface area contributed by atoms with Crippen molar-refractivity contribution in [1.29, 1.82) is 0 Å². The van der Waals surface area contributed by atoms with Crippen LogP contribution in [0.25, 0.3) is 22.6 Å². The van der Waals surface area contributed by atoms with Gasteiger partial charge in [0, 0.05) is 17.7 Å². The molecule has 0 spiro atoms. The minimum Gasteiger partial charge on any atom is -0.507 e. The van der Waals surface area contributed by atoms with Crippen molar-refractivity contribution in [2.24, 2.45) is 0 Å². The molecule has 0 amide bonds. The van der Waals surface area contributed by atoms with Crippen molar-refractivity contribution in [1.82, 2.24) is 0 Å². The van der Waals surface area contributed by atoms with Crippen LogP contribution in [0.5, 0.6) is 17.2 Å². The van der Waals surface area contributed by atoms with Crippen LogP contribution in [0.4, 0.5) is 0 Å². The zero-order valence-corrected chi connectivity index (χ0v) is 12.6. The Balaban J connectivity index is 2.17. The average Bonchev–Trinajstić information content (AvgIpc) is 2.46. The van der Waals surface area contributed by atoms with E-state index in [4.69, 9.17) is 8.97 Å². The highest BCUT2D eigenvalue weighted by Crippen LogP contribution is 2.40. The van der Waals surface area contributed by atoms with Crippen molar-refractivity contribution in [2.75, 3.05) is 0 Å². The van der Waals surface area contributed by atoms with Crippen LogP contribution in [0.2, 0.25) is 0 Å². The summed E-state index contributed by atoms with van der Waals surface area (Å²) in [5.41, 5.74) is -0.114. The highest BCUT2D eigenvalue weighted by atomic mass is 32.3. The monoisotopic (exact) mass is 350 g/mol. The maximum Gasteiger partial charge on any atom is 0.446 e. The molecule has 0 bridgehead atoms. The van der Waals surface area contributed by atoms with Crippen LogP contribution >= 0.6 is 0 Å². The van der Waals surface area contributed by atoms with E-state index in [1.54, 1.807) is 0 Å². The van der Waals surface area contributed by atoms with Gasteiger partial charge >= 0.3 is 10.4 Å². The van der Waals surface area contributed by atoms with Gasteiger partial charge in [0.15, 0.2) is 16.9 Å². The lowest BCUT2D eigenvalue weighted by atomic mass is 10.1. The van der Waals surface area contributed by atoms with E-state index in [-0.39, 0.29) is 39.9 Å². The van der Waals surface area contributed by atoms with Gasteiger partial charge in [-0.2, -0.15) is 8.42 Å². The second-order valence-corrected chi connectivity index (χ2v) is 5.88. The molecule has 0 saturated carbocycles. The van der Waals surface area contributed by atoms with Gasteiger partial charge in [-0.3, -0.25) is 9.35 Å². The quantitative estimate of drug-likeness (QED) is 0.611. The topological polar surface area (TPSA) is 134 Å². The summed E-state index contributed by atoms with van der Waals surface area (Å²) in [6, 6.07) is 8.71. The molecule has 8 nitrogen and oxygen atoms in total. The number of benzene rings is 2. The molecule has 3 N–H and O–H groups in total. The highest BCUT2D eigenvalue weighted by Gasteiger charge is 2.18. The number of aromatic hydroxyl groups is 2. The van der Waals surface area contributed by atoms with Gasteiger partial charge in [-0.25, -0.2) is 0 Å². The summed E-state index contributed by atoms with van der Waals surface area (Å²) in [5, 5.41) is 19.8. The lowest BCUT2D eigenvalue weighted by Gasteiger charge is -2.11. The predicted molar refractivity (Wildman–Crippen MR) is 82.5 cm³/mol. The Labute approximate surface area is 135 Å². The van der Waals surface area contributed by atoms with Crippen molar-refractivity contribution >= 4 is 10.4 Å². The standard InChI is InChI=1S/C15H10O8S/c16-9-5-12(17)11-7-13(18)15(22-14(11)6-9)8-2-1-3-10(4-8)23-24(19,20)21/h1-7,17-18H,(H,19,20,21). The number of hydrogen-bond donors (Lipinski definition) is 3. The van der Waals surface area contributed by atoms with E-state index in [9.17, 15) is 23.4 Å². The van der Waals surface area contributed by atoms with E-state index >= 15 is 0 Å². The van der Waals surface area contributed by atoms with Crippen LogP contribution in [0.15, 0.2) is 51.7 Å². The van der Waals surface area contributed by atoms with Crippen molar-refractivity contribution in [3.05, 3.63) is 52.7 Å². The first-order chi connectivity index (χ1) is 11.2. The smallest absolute Gasteiger partial charge is 0.446 e. The Morgan fingerprint density at radius 1 is 1.00 bits per heavy atom. The molecule has 0 aromatic heterocycles. The summed E-state index contributed by atoms with van der Waals surface area (Å²) in [6.45, 7) is 0. The lowest BCUT2D eigenvalue weighted by molar-refractivity contribution is 0.386. The fourth-order valence-corrected chi connectivity index (χ4v) is 2.55. The molecule has 0 radical (unpaired) electrons. The van der Waals surface area contributed by atoms with Gasteiger partial charge in [0.1, 0.15) is 17.3 Å². The molecular weight excluding hydrogens is 340 g/mol. The third-order valence-electron chi connectivity index (χ3n) is 3.12. The molecule has 124 valence electrons. The van der Waals surface area contributed by atoms with Gasteiger partial charge in [-0.1, -0.05) is 12.1 Å². The van der Waals surface area contributed by atoms with Crippen LogP contribution in [-0.2, 0) is 10.4 Å². The molecule has 1 aromatic rings. The Morgan fingerprint density at radius 2 is 1.75 bits per heavy atom. The van der Waals surface area contributed by atoms with Crippen molar-refractivity contribution in [2.45, 2.75) is 0 Å². The van der Waals surface area contributed by atoms with E-state index in [0.717, 1.165) is 12.1 Å². The SMILES string of the molecule is O=c1cc2oc(-c3cccc(OS(=O)(=O)O)c3)c(O)cc-2c(O)c1. The van der Waals surface area contributed by atoms with Crippen molar-refractivity contribution in [3.63, 3.8) is 0 Å². The first-order valence-corrected chi connectivity index (χ1v) is 7.86. The minimum absolute atomic E-state index is 0.0360. The summed E-state index contributed by atoms with van der Waals surface area (Å²) >= 11 is 0. The third kappa shape index (κ3) is 3.16. The summed E-state index contributed by atoms with van der Waals surface area (Å²) in [4.78, 5) is 11.5. The first kappa shape index (κ1) is 15.8. The minimum atomic E-state index is -4.70. The Kier molecular flexibility index (Phi) is 3.66. The number of hydrogen-bond acceptors (Lipinski definition) is 7. The maximum atomic E-state index is 11.5. The molecule has 0 atom stereocenters. The molecule has 1 heterocycles. The number of phenolic OH excluding ortho intramolecular Hbond substituents is 1. The first-order valence-electron chi connectivity index (χ1n) is 6.50. The molecule has 9 heteroatoms. The molecule has 24 heavy (non-hydrogen) atoms. The van der Waals surface area contributed by atoms with Crippen LogP contribution in [0, 0.1) is 0 Å². The summed E-state index contributed by atoms with van der Waals surface area (Å²) < 4.78 is 40.0. The molecule has 1 aliphatic heterocycles. The largest absolute Gasteiger partial charge is 0.507 e. The van der Waals surface area contributed by atoms with E-state index < -0.39 is 15.8 Å². The van der Waals surface area contributed by atoms with Crippen LogP contribution in [-0.4, -0.2) is 23.2 Å². The van der Waals surface area contributed by atoms with Crippen LogP contribution in [0.3, 0.4) is 0 Å². The molecule has 0 fully saturated rings. The fraction of sp³-hybridized carbons (Fsp3) is 0. The zero-order valence-electron chi connectivity index (χ0n) is 11.8. The molecule has 0 saturated heterocycles. The lowest BCUT2D eigenvalue weighted by Crippen LogP contribution is -2.06. The van der Waals surface area contributed by atoms with Crippen LogP contribution in [0.1, 0.15) is 0 Å². The molecular formula is C15H10O8S. The predicted octanol–water partition coefficient (Wildman–Crippen LogP) is 2.00. The van der Waals surface area contributed by atoms with E-state index in [1.165, 1.54) is 30.3 Å². The van der Waals surface area contributed by atoms with Gasteiger partial charge < -0.3 is 18.8 Å². The Hall–Kier alpha value is -3.04. The van der Waals surface area contributed by atoms with Gasteiger partial charge in [0.25, 0.3) is 0 Å². The normalized spacial score (nSPS) is 11.5. The van der Waals surface area contributed by atoms with Gasteiger partial charge in [0.2, 0.25) is 0 Å². The molecule has 1 aliphatic carbocycles. The summed E-state index contributed by atoms with van der Waals surface area (Å²) in [7, 11) is -4.70. The Bertz CT molecular complexity index is 1050. The molecule has 0 unspecified atom stereocenters.